The van der Waals surface area contributed by atoms with E-state index in [4.69, 9.17) is 11.5 Å². The van der Waals surface area contributed by atoms with E-state index in [-0.39, 0.29) is 23.2 Å². The van der Waals surface area contributed by atoms with Crippen LogP contribution in [0, 0.1) is 12.7 Å². The molecule has 1 atom stereocenters. The third-order valence-corrected chi connectivity index (χ3v) is 3.69. The molecule has 0 spiro atoms. The Hall–Kier alpha value is -1.86. The first-order valence-corrected chi connectivity index (χ1v) is 6.79. The van der Waals surface area contributed by atoms with Crippen LogP contribution in [-0.4, -0.2) is 9.97 Å². The number of anilines is 1. The highest BCUT2D eigenvalue weighted by atomic mass is 32.2. The third-order valence-electron chi connectivity index (χ3n) is 2.73. The van der Waals surface area contributed by atoms with E-state index in [1.54, 1.807) is 19.9 Å². The van der Waals surface area contributed by atoms with E-state index in [1.165, 1.54) is 23.9 Å². The summed E-state index contributed by atoms with van der Waals surface area (Å²) in [5.41, 5.74) is 12.2. The zero-order valence-corrected chi connectivity index (χ0v) is 11.9. The fourth-order valence-corrected chi connectivity index (χ4v) is 2.83. The highest BCUT2D eigenvalue weighted by Crippen LogP contribution is 2.32. The van der Waals surface area contributed by atoms with Crippen molar-refractivity contribution in [3.63, 3.8) is 0 Å². The molecule has 0 aliphatic carbocycles. The van der Waals surface area contributed by atoms with E-state index in [1.807, 2.05) is 0 Å². The summed E-state index contributed by atoms with van der Waals surface area (Å²) in [5.74, 6) is -0.173. The van der Waals surface area contributed by atoms with Crippen LogP contribution < -0.4 is 17.0 Å². The molecule has 0 saturated heterocycles. The van der Waals surface area contributed by atoms with Crippen molar-refractivity contribution in [1.29, 1.82) is 0 Å². The number of aryl methyl sites for hydroxylation is 1. The Morgan fingerprint density at radius 1 is 1.40 bits per heavy atom. The predicted molar refractivity (Wildman–Crippen MR) is 77.1 cm³/mol. The summed E-state index contributed by atoms with van der Waals surface area (Å²) in [6, 6.07) is 3.96. The van der Waals surface area contributed by atoms with Crippen LogP contribution in [0.15, 0.2) is 33.0 Å². The second-order valence-corrected chi connectivity index (χ2v) is 5.54. The van der Waals surface area contributed by atoms with Gasteiger partial charge in [-0.3, -0.25) is 4.79 Å². The van der Waals surface area contributed by atoms with Crippen molar-refractivity contribution in [2.24, 2.45) is 5.73 Å². The molecule has 106 valence electrons. The van der Waals surface area contributed by atoms with Crippen molar-refractivity contribution < 1.29 is 4.39 Å². The average Bonchev–Trinajstić information content (AvgIpc) is 2.31. The minimum Gasteiger partial charge on any atom is -0.383 e. The minimum absolute atomic E-state index is 0.137. The maximum Gasteiger partial charge on any atom is 0.253 e. The highest BCUT2D eigenvalue weighted by molar-refractivity contribution is 7.99. The van der Waals surface area contributed by atoms with E-state index in [9.17, 15) is 9.18 Å². The number of nitrogens with two attached hydrogens (primary N) is 2. The quantitative estimate of drug-likeness (QED) is 0.752. The molecule has 0 aliphatic heterocycles. The molecule has 0 aliphatic rings. The number of nitrogen functional groups attached to an aromatic ring is 1. The highest BCUT2D eigenvalue weighted by Gasteiger charge is 2.13. The monoisotopic (exact) mass is 294 g/mol. The lowest BCUT2D eigenvalue weighted by Crippen LogP contribution is -2.10. The Labute approximate surface area is 119 Å². The summed E-state index contributed by atoms with van der Waals surface area (Å²) < 4.78 is 13.6. The van der Waals surface area contributed by atoms with Crippen molar-refractivity contribution in [3.05, 3.63) is 45.5 Å². The SMILES string of the molecule is Cc1cc(Sc2nc(N)cc(=O)[nH]2)c(C(C)N)cc1F. The van der Waals surface area contributed by atoms with Gasteiger partial charge in [0.15, 0.2) is 5.16 Å². The molecule has 5 N–H and O–H groups in total. The number of H-pyrrole nitrogens is 1. The molecule has 20 heavy (non-hydrogen) atoms. The fourth-order valence-electron chi connectivity index (χ4n) is 1.72. The van der Waals surface area contributed by atoms with Gasteiger partial charge in [0.25, 0.3) is 5.56 Å². The number of halogens is 1. The van der Waals surface area contributed by atoms with Gasteiger partial charge in [-0.15, -0.1) is 0 Å². The van der Waals surface area contributed by atoms with Gasteiger partial charge < -0.3 is 16.5 Å². The lowest BCUT2D eigenvalue weighted by molar-refractivity contribution is 0.610. The molecule has 2 rings (SSSR count). The molecule has 1 aromatic heterocycles. The molecule has 1 aromatic carbocycles. The summed E-state index contributed by atoms with van der Waals surface area (Å²) in [7, 11) is 0. The van der Waals surface area contributed by atoms with Crippen LogP contribution in [-0.2, 0) is 0 Å². The van der Waals surface area contributed by atoms with Crippen LogP contribution in [0.3, 0.4) is 0 Å². The van der Waals surface area contributed by atoms with Gasteiger partial charge in [0.05, 0.1) is 0 Å². The molecular weight excluding hydrogens is 279 g/mol. The zero-order chi connectivity index (χ0) is 14.9. The van der Waals surface area contributed by atoms with Gasteiger partial charge >= 0.3 is 0 Å². The largest absolute Gasteiger partial charge is 0.383 e. The topological polar surface area (TPSA) is 97.8 Å². The first-order valence-electron chi connectivity index (χ1n) is 5.97. The van der Waals surface area contributed by atoms with Crippen molar-refractivity contribution >= 4 is 17.6 Å². The number of aromatic nitrogens is 2. The fraction of sp³-hybridized carbons (Fsp3) is 0.231. The average molecular weight is 294 g/mol. The van der Waals surface area contributed by atoms with Crippen molar-refractivity contribution in [2.45, 2.75) is 29.9 Å². The lowest BCUT2D eigenvalue weighted by Gasteiger charge is -2.13. The van der Waals surface area contributed by atoms with Gasteiger partial charge in [-0.1, -0.05) is 11.8 Å². The van der Waals surface area contributed by atoms with E-state index in [0.717, 1.165) is 4.90 Å². The molecule has 1 unspecified atom stereocenters. The Balaban J connectivity index is 2.47. The van der Waals surface area contributed by atoms with E-state index >= 15 is 0 Å². The summed E-state index contributed by atoms with van der Waals surface area (Å²) >= 11 is 1.20. The number of nitrogens with zero attached hydrogens (tertiary/aromatic N) is 1. The first-order chi connectivity index (χ1) is 9.36. The van der Waals surface area contributed by atoms with E-state index < -0.39 is 0 Å². The van der Waals surface area contributed by atoms with Crippen LogP contribution in [0.4, 0.5) is 10.2 Å². The van der Waals surface area contributed by atoms with Crippen molar-refractivity contribution in [3.8, 4) is 0 Å². The Bertz CT molecular complexity index is 699. The zero-order valence-electron chi connectivity index (χ0n) is 11.1. The van der Waals surface area contributed by atoms with Gasteiger partial charge in [-0.25, -0.2) is 9.37 Å². The maximum absolute atomic E-state index is 13.6. The predicted octanol–water partition coefficient (Wildman–Crippen LogP) is 1.97. The number of aromatic amines is 1. The lowest BCUT2D eigenvalue weighted by atomic mass is 10.1. The molecule has 0 saturated carbocycles. The standard InChI is InChI=1S/C13H15FN4OS/c1-6-3-10(8(7(2)15)4-9(6)14)20-13-17-11(16)5-12(19)18-13/h3-5,7H,15H2,1-2H3,(H3,16,17,18,19). The van der Waals surface area contributed by atoms with Crippen molar-refractivity contribution in [1.82, 2.24) is 9.97 Å². The van der Waals surface area contributed by atoms with Gasteiger partial charge in [0, 0.05) is 17.0 Å². The van der Waals surface area contributed by atoms with Crippen LogP contribution in [0.2, 0.25) is 0 Å². The number of hydrogen-bond acceptors (Lipinski definition) is 5. The van der Waals surface area contributed by atoms with Gasteiger partial charge in [-0.05, 0) is 37.1 Å². The maximum atomic E-state index is 13.6. The van der Waals surface area contributed by atoms with E-state index in [2.05, 4.69) is 9.97 Å². The Morgan fingerprint density at radius 3 is 2.70 bits per heavy atom. The number of nitrogens with one attached hydrogen (secondary N) is 1. The van der Waals surface area contributed by atoms with E-state index in [0.29, 0.717) is 16.3 Å². The molecule has 0 radical (unpaired) electrons. The molecule has 0 amide bonds. The molecule has 0 fully saturated rings. The smallest absolute Gasteiger partial charge is 0.253 e. The molecule has 0 bridgehead atoms. The summed E-state index contributed by atoms with van der Waals surface area (Å²) in [6.07, 6.45) is 0. The Morgan fingerprint density at radius 2 is 2.10 bits per heavy atom. The third kappa shape index (κ3) is 3.17. The number of benzene rings is 1. The van der Waals surface area contributed by atoms with Crippen LogP contribution in [0.25, 0.3) is 0 Å². The van der Waals surface area contributed by atoms with Gasteiger partial charge in [0.2, 0.25) is 0 Å². The van der Waals surface area contributed by atoms with Gasteiger partial charge in [-0.2, -0.15) is 0 Å². The molecule has 7 heteroatoms. The second kappa shape index (κ2) is 5.64. The first kappa shape index (κ1) is 14.5. The molecule has 2 aromatic rings. The Kier molecular flexibility index (Phi) is 4.10. The molecule has 5 nitrogen and oxygen atoms in total. The van der Waals surface area contributed by atoms with Crippen LogP contribution in [0.5, 0.6) is 0 Å². The van der Waals surface area contributed by atoms with Crippen LogP contribution in [0.1, 0.15) is 24.1 Å². The summed E-state index contributed by atoms with van der Waals surface area (Å²) in [5, 5.41) is 0.350. The van der Waals surface area contributed by atoms with Crippen LogP contribution >= 0.6 is 11.8 Å². The summed E-state index contributed by atoms with van der Waals surface area (Å²) in [4.78, 5) is 18.7. The minimum atomic E-state index is -0.333. The second-order valence-electron chi connectivity index (χ2n) is 4.51. The molecular formula is C13H15FN4OS. The summed E-state index contributed by atoms with van der Waals surface area (Å²) in [6.45, 7) is 3.43. The normalized spacial score (nSPS) is 12.4. The van der Waals surface area contributed by atoms with Crippen molar-refractivity contribution in [2.75, 3.05) is 5.73 Å². The molecule has 1 heterocycles. The number of rotatable bonds is 3. The number of hydrogen-bond donors (Lipinski definition) is 3. The van der Waals surface area contributed by atoms with Gasteiger partial charge in [0.1, 0.15) is 11.6 Å².